The number of alkyl halides is 3. The highest BCUT2D eigenvalue weighted by atomic mass is 19.4. The van der Waals surface area contributed by atoms with E-state index in [1.807, 2.05) is 5.43 Å². The van der Waals surface area contributed by atoms with Crippen LogP contribution in [0.2, 0.25) is 0 Å². The second-order valence-electron chi connectivity index (χ2n) is 7.05. The van der Waals surface area contributed by atoms with E-state index >= 15 is 0 Å². The number of methoxy groups -OCH3 is 1. The van der Waals surface area contributed by atoms with Gasteiger partial charge in [-0.15, -0.1) is 0 Å². The molecular weight excluding hydrogens is 470 g/mol. The summed E-state index contributed by atoms with van der Waals surface area (Å²) in [5.74, 6) is -1.77. The van der Waals surface area contributed by atoms with Crippen LogP contribution in [0.5, 0.6) is 11.5 Å². The number of halogens is 4. The van der Waals surface area contributed by atoms with Crippen LogP contribution in [0, 0.1) is 5.82 Å². The van der Waals surface area contributed by atoms with Crippen LogP contribution < -0.4 is 20.2 Å². The van der Waals surface area contributed by atoms with Crippen molar-refractivity contribution in [1.82, 2.24) is 5.43 Å². The van der Waals surface area contributed by atoms with E-state index in [1.54, 1.807) is 30.3 Å². The second-order valence-corrected chi connectivity index (χ2v) is 7.05. The standard InChI is InChI=1S/C24H19F4N3O4/c1-34-21-12-16(4-11-20(21)35-14-15-2-7-18(25)8-3-15)13-29-31-23(33)22(32)30-19-9-5-17(6-10-19)24(26,27)28/h2-13H,14H2,1H3,(H,30,32)(H,31,33). The van der Waals surface area contributed by atoms with Crippen LogP contribution in [0.4, 0.5) is 23.2 Å². The normalized spacial score (nSPS) is 11.2. The lowest BCUT2D eigenvalue weighted by Gasteiger charge is -2.11. The highest BCUT2D eigenvalue weighted by molar-refractivity contribution is 6.39. The molecule has 0 aliphatic rings. The molecule has 0 aliphatic heterocycles. The van der Waals surface area contributed by atoms with Crippen LogP contribution in [0.15, 0.2) is 71.8 Å². The predicted octanol–water partition coefficient (Wildman–Crippen LogP) is 4.52. The number of hydrogen-bond acceptors (Lipinski definition) is 5. The minimum absolute atomic E-state index is 0.0168. The third-order valence-electron chi connectivity index (χ3n) is 4.55. The Morgan fingerprint density at radius 1 is 0.943 bits per heavy atom. The topological polar surface area (TPSA) is 89.0 Å². The van der Waals surface area contributed by atoms with E-state index in [2.05, 4.69) is 10.4 Å². The molecule has 182 valence electrons. The molecule has 0 fully saturated rings. The van der Waals surface area contributed by atoms with E-state index in [0.29, 0.717) is 17.1 Å². The lowest BCUT2D eigenvalue weighted by molar-refractivity contribution is -0.137. The van der Waals surface area contributed by atoms with Crippen molar-refractivity contribution >= 4 is 23.7 Å². The largest absolute Gasteiger partial charge is 0.493 e. The minimum atomic E-state index is -4.51. The first-order chi connectivity index (χ1) is 16.7. The van der Waals surface area contributed by atoms with Gasteiger partial charge in [0.15, 0.2) is 11.5 Å². The number of carbonyl (C=O) groups is 2. The molecule has 3 aromatic rings. The molecule has 3 rings (SSSR count). The molecule has 11 heteroatoms. The lowest BCUT2D eigenvalue weighted by Crippen LogP contribution is -2.32. The maximum Gasteiger partial charge on any atom is 0.416 e. The van der Waals surface area contributed by atoms with Crippen LogP contribution in [-0.4, -0.2) is 25.1 Å². The Morgan fingerprint density at radius 3 is 2.26 bits per heavy atom. The molecule has 0 spiro atoms. The van der Waals surface area contributed by atoms with Gasteiger partial charge in [0.2, 0.25) is 0 Å². The minimum Gasteiger partial charge on any atom is -0.493 e. The lowest BCUT2D eigenvalue weighted by atomic mass is 10.2. The molecule has 35 heavy (non-hydrogen) atoms. The first-order valence-electron chi connectivity index (χ1n) is 10.0. The third-order valence-corrected chi connectivity index (χ3v) is 4.55. The third kappa shape index (κ3) is 7.29. The summed E-state index contributed by atoms with van der Waals surface area (Å²) in [6.45, 7) is 0.189. The number of nitrogens with zero attached hydrogens (tertiary/aromatic N) is 1. The Balaban J connectivity index is 1.54. The number of rotatable bonds is 7. The number of nitrogens with one attached hydrogen (secondary N) is 2. The van der Waals surface area contributed by atoms with Gasteiger partial charge in [-0.3, -0.25) is 9.59 Å². The Bertz CT molecular complexity index is 1210. The summed E-state index contributed by atoms with van der Waals surface area (Å²) < 4.78 is 61.7. The molecule has 7 nitrogen and oxygen atoms in total. The molecule has 2 amide bonds. The van der Waals surface area contributed by atoms with E-state index in [4.69, 9.17) is 9.47 Å². The summed E-state index contributed by atoms with van der Waals surface area (Å²) in [4.78, 5) is 23.8. The van der Waals surface area contributed by atoms with E-state index in [-0.39, 0.29) is 18.1 Å². The van der Waals surface area contributed by atoms with Crippen molar-refractivity contribution in [2.45, 2.75) is 12.8 Å². The zero-order valence-electron chi connectivity index (χ0n) is 18.2. The number of ether oxygens (including phenoxy) is 2. The molecule has 0 aromatic heterocycles. The van der Waals surface area contributed by atoms with E-state index in [9.17, 15) is 27.2 Å². The number of carbonyl (C=O) groups excluding carboxylic acids is 2. The van der Waals surface area contributed by atoms with Gasteiger partial charge in [-0.1, -0.05) is 12.1 Å². The van der Waals surface area contributed by atoms with Crippen molar-refractivity contribution in [3.8, 4) is 11.5 Å². The number of amides is 2. The summed E-state index contributed by atoms with van der Waals surface area (Å²) in [6, 6.07) is 14.3. The van der Waals surface area contributed by atoms with Crippen LogP contribution >= 0.6 is 0 Å². The Morgan fingerprint density at radius 2 is 1.63 bits per heavy atom. The summed E-state index contributed by atoms with van der Waals surface area (Å²) >= 11 is 0. The van der Waals surface area contributed by atoms with Gasteiger partial charge in [0.05, 0.1) is 18.9 Å². The van der Waals surface area contributed by atoms with Crippen molar-refractivity contribution in [3.63, 3.8) is 0 Å². The smallest absolute Gasteiger partial charge is 0.416 e. The van der Waals surface area contributed by atoms with Crippen LogP contribution in [0.1, 0.15) is 16.7 Å². The van der Waals surface area contributed by atoms with Gasteiger partial charge < -0.3 is 14.8 Å². The maximum absolute atomic E-state index is 13.0. The molecular formula is C24H19F4N3O4. The van der Waals surface area contributed by atoms with Gasteiger partial charge >= 0.3 is 18.0 Å². The van der Waals surface area contributed by atoms with Crippen molar-refractivity contribution in [2.24, 2.45) is 5.10 Å². The molecule has 2 N–H and O–H groups in total. The Kier molecular flexibility index (Phi) is 8.03. The maximum atomic E-state index is 13.0. The average Bonchev–Trinajstić information content (AvgIpc) is 2.83. The van der Waals surface area contributed by atoms with Gasteiger partial charge in [-0.25, -0.2) is 9.82 Å². The first-order valence-corrected chi connectivity index (χ1v) is 10.0. The average molecular weight is 489 g/mol. The molecule has 0 unspecified atom stereocenters. The van der Waals surface area contributed by atoms with Crippen LogP contribution in [0.25, 0.3) is 0 Å². The molecule has 0 saturated carbocycles. The van der Waals surface area contributed by atoms with Crippen molar-refractivity contribution < 1.29 is 36.6 Å². The molecule has 3 aromatic carbocycles. The molecule has 0 radical (unpaired) electrons. The van der Waals surface area contributed by atoms with Crippen molar-refractivity contribution in [2.75, 3.05) is 12.4 Å². The fourth-order valence-corrected chi connectivity index (χ4v) is 2.77. The zero-order chi connectivity index (χ0) is 25.4. The Hall–Kier alpha value is -4.41. The SMILES string of the molecule is COc1cc(C=NNC(=O)C(=O)Nc2ccc(C(F)(F)F)cc2)ccc1OCc1ccc(F)cc1. The molecule has 0 atom stereocenters. The van der Waals surface area contributed by atoms with Crippen molar-refractivity contribution in [1.29, 1.82) is 0 Å². The van der Waals surface area contributed by atoms with Crippen LogP contribution in [-0.2, 0) is 22.4 Å². The molecule has 0 aliphatic carbocycles. The molecule has 0 bridgehead atoms. The first kappa shape index (κ1) is 25.2. The summed E-state index contributed by atoms with van der Waals surface area (Å²) in [6.07, 6.45) is -3.25. The number of hydrogen-bond donors (Lipinski definition) is 2. The monoisotopic (exact) mass is 489 g/mol. The highest BCUT2D eigenvalue weighted by Gasteiger charge is 2.30. The van der Waals surface area contributed by atoms with E-state index < -0.39 is 23.6 Å². The van der Waals surface area contributed by atoms with Gasteiger partial charge in [0.1, 0.15) is 12.4 Å². The van der Waals surface area contributed by atoms with E-state index in [1.165, 1.54) is 25.5 Å². The fraction of sp³-hybridized carbons (Fsp3) is 0.125. The summed E-state index contributed by atoms with van der Waals surface area (Å²) in [5, 5.41) is 5.87. The van der Waals surface area contributed by atoms with Crippen LogP contribution in [0.3, 0.4) is 0 Å². The highest BCUT2D eigenvalue weighted by Crippen LogP contribution is 2.30. The van der Waals surface area contributed by atoms with Crippen molar-refractivity contribution in [3.05, 3.63) is 89.2 Å². The summed E-state index contributed by atoms with van der Waals surface area (Å²) in [7, 11) is 1.44. The molecule has 0 saturated heterocycles. The predicted molar refractivity (Wildman–Crippen MR) is 120 cm³/mol. The molecule has 0 heterocycles. The Labute approximate surface area is 197 Å². The quantitative estimate of drug-likeness (QED) is 0.221. The summed E-state index contributed by atoms with van der Waals surface area (Å²) in [5.41, 5.74) is 2.43. The van der Waals surface area contributed by atoms with Gasteiger partial charge in [0, 0.05) is 5.69 Å². The number of hydrazone groups is 1. The van der Waals surface area contributed by atoms with Gasteiger partial charge in [-0.05, 0) is 65.7 Å². The zero-order valence-corrected chi connectivity index (χ0v) is 18.2. The van der Waals surface area contributed by atoms with Gasteiger partial charge in [-0.2, -0.15) is 18.3 Å². The number of anilines is 1. The fourth-order valence-electron chi connectivity index (χ4n) is 2.77. The van der Waals surface area contributed by atoms with Gasteiger partial charge in [0.25, 0.3) is 0 Å². The number of benzene rings is 3. The second kappa shape index (κ2) is 11.1. The van der Waals surface area contributed by atoms with E-state index in [0.717, 1.165) is 29.8 Å².